The van der Waals surface area contributed by atoms with Gasteiger partial charge in [-0.1, -0.05) is 26.1 Å². The van der Waals surface area contributed by atoms with Gasteiger partial charge in [0, 0.05) is 12.1 Å². The Kier molecular flexibility index (Phi) is 5.28. The molecule has 1 N–H and O–H groups in total. The monoisotopic (exact) mass is 254 g/mol. The Morgan fingerprint density at radius 2 is 1.94 bits per heavy atom. The summed E-state index contributed by atoms with van der Waals surface area (Å²) in [5, 5.41) is 3.30. The van der Waals surface area contributed by atoms with Crippen molar-refractivity contribution >= 4 is 17.9 Å². The van der Waals surface area contributed by atoms with E-state index in [1.54, 1.807) is 0 Å². The molecule has 1 rings (SSSR count). The molecule has 0 spiro atoms. The maximum Gasteiger partial charge on any atom is 0.204 e. The van der Waals surface area contributed by atoms with Gasteiger partial charge in [-0.25, -0.2) is 0 Å². The van der Waals surface area contributed by atoms with Crippen LogP contribution in [0.1, 0.15) is 38.2 Å². The first kappa shape index (κ1) is 14.3. The standard InChI is InChI=1S/C13H22N2OS/c1-9(2)10-11(13(17)12(10)16)14-7-5-6-8-15(3)4/h9,14H,5-8H2,1-4H3. The summed E-state index contributed by atoms with van der Waals surface area (Å²) in [6.07, 6.45) is 2.26. The van der Waals surface area contributed by atoms with Crippen LogP contribution in [0, 0.1) is 4.51 Å². The summed E-state index contributed by atoms with van der Waals surface area (Å²) < 4.78 is 0.487. The summed E-state index contributed by atoms with van der Waals surface area (Å²) >= 11 is 5.07. The summed E-state index contributed by atoms with van der Waals surface area (Å²) in [7, 11) is 4.15. The fourth-order valence-electron chi connectivity index (χ4n) is 1.90. The molecule has 1 aromatic rings. The summed E-state index contributed by atoms with van der Waals surface area (Å²) in [5.41, 5.74) is 1.86. The van der Waals surface area contributed by atoms with Crippen LogP contribution >= 0.6 is 12.2 Å². The average Bonchev–Trinajstić information content (AvgIpc) is 2.25. The molecule has 0 unspecified atom stereocenters. The lowest BCUT2D eigenvalue weighted by molar-refractivity contribution is 0.396. The number of rotatable bonds is 7. The SMILES string of the molecule is CC(C)c1c(NCCCCN(C)C)c(=S)c1=O. The number of nitrogens with zero attached hydrogens (tertiary/aromatic N) is 1. The lowest BCUT2D eigenvalue weighted by Crippen LogP contribution is -2.23. The van der Waals surface area contributed by atoms with Crippen molar-refractivity contribution in [2.24, 2.45) is 0 Å². The topological polar surface area (TPSA) is 32.3 Å². The third-order valence-corrected chi connectivity index (χ3v) is 3.25. The highest BCUT2D eigenvalue weighted by atomic mass is 32.1. The quantitative estimate of drug-likeness (QED) is 0.598. The van der Waals surface area contributed by atoms with E-state index in [4.69, 9.17) is 12.2 Å². The second-order valence-corrected chi connectivity index (χ2v) is 5.45. The van der Waals surface area contributed by atoms with E-state index in [0.717, 1.165) is 37.2 Å². The maximum absolute atomic E-state index is 11.5. The van der Waals surface area contributed by atoms with Crippen molar-refractivity contribution in [2.45, 2.75) is 32.6 Å². The molecule has 0 radical (unpaired) electrons. The fraction of sp³-hybridized carbons (Fsp3) is 0.692. The van der Waals surface area contributed by atoms with Gasteiger partial charge in [-0.15, -0.1) is 0 Å². The minimum Gasteiger partial charge on any atom is -0.383 e. The Bertz CT molecular complexity index is 431. The highest BCUT2D eigenvalue weighted by Gasteiger charge is 2.19. The molecule has 3 nitrogen and oxygen atoms in total. The van der Waals surface area contributed by atoms with Crippen molar-refractivity contribution < 1.29 is 0 Å². The Balaban J connectivity index is 2.40. The largest absolute Gasteiger partial charge is 0.383 e. The molecule has 0 aliphatic rings. The Morgan fingerprint density at radius 1 is 1.29 bits per heavy atom. The molecule has 0 atom stereocenters. The second-order valence-electron chi connectivity index (χ2n) is 5.04. The third kappa shape index (κ3) is 3.61. The molecule has 17 heavy (non-hydrogen) atoms. The molecule has 4 heteroatoms. The molecule has 0 aliphatic carbocycles. The van der Waals surface area contributed by atoms with Gasteiger partial charge in [0.05, 0.1) is 5.69 Å². The molecule has 0 saturated heterocycles. The van der Waals surface area contributed by atoms with Gasteiger partial charge in [0.15, 0.2) is 0 Å². The van der Waals surface area contributed by atoms with Crippen molar-refractivity contribution in [3.8, 4) is 0 Å². The molecular formula is C13H22N2OS. The van der Waals surface area contributed by atoms with Gasteiger partial charge in [0.2, 0.25) is 5.43 Å². The lowest BCUT2D eigenvalue weighted by atomic mass is 9.96. The van der Waals surface area contributed by atoms with Crippen LogP contribution in [0.3, 0.4) is 0 Å². The van der Waals surface area contributed by atoms with Gasteiger partial charge < -0.3 is 10.2 Å². The molecule has 0 saturated carbocycles. The summed E-state index contributed by atoms with van der Waals surface area (Å²) in [6, 6.07) is 0. The average molecular weight is 254 g/mol. The van der Waals surface area contributed by atoms with Gasteiger partial charge in [-0.2, -0.15) is 0 Å². The van der Waals surface area contributed by atoms with E-state index in [-0.39, 0.29) is 11.3 Å². The fourth-order valence-corrected chi connectivity index (χ4v) is 2.19. The summed E-state index contributed by atoms with van der Waals surface area (Å²) in [4.78, 5) is 13.7. The Morgan fingerprint density at radius 3 is 2.47 bits per heavy atom. The second kappa shape index (κ2) is 6.26. The van der Waals surface area contributed by atoms with Gasteiger partial charge in [-0.3, -0.25) is 4.79 Å². The highest BCUT2D eigenvalue weighted by molar-refractivity contribution is 7.71. The molecule has 0 aromatic heterocycles. The lowest BCUT2D eigenvalue weighted by Gasteiger charge is -2.17. The number of hydrogen-bond acceptors (Lipinski definition) is 4. The zero-order valence-corrected chi connectivity index (χ0v) is 12.0. The van der Waals surface area contributed by atoms with E-state index in [0.29, 0.717) is 4.51 Å². The van der Waals surface area contributed by atoms with Crippen LogP contribution in [0.4, 0.5) is 5.69 Å². The van der Waals surface area contributed by atoms with E-state index in [9.17, 15) is 4.79 Å². The number of nitrogens with one attached hydrogen (secondary N) is 1. The Hall–Kier alpha value is -0.740. The summed E-state index contributed by atoms with van der Waals surface area (Å²) in [6.45, 7) is 6.05. The third-order valence-electron chi connectivity index (χ3n) is 2.86. The van der Waals surface area contributed by atoms with E-state index < -0.39 is 0 Å². The predicted octanol–water partition coefficient (Wildman–Crippen LogP) is 2.53. The smallest absolute Gasteiger partial charge is 0.204 e. The van der Waals surface area contributed by atoms with Gasteiger partial charge in [0.25, 0.3) is 0 Å². The molecule has 96 valence electrons. The molecule has 0 fully saturated rings. The van der Waals surface area contributed by atoms with Gasteiger partial charge in [-0.05, 0) is 39.4 Å². The van der Waals surface area contributed by atoms with Crippen LogP contribution in [0.15, 0.2) is 4.79 Å². The highest BCUT2D eigenvalue weighted by Crippen LogP contribution is 2.24. The van der Waals surface area contributed by atoms with E-state index >= 15 is 0 Å². The van der Waals surface area contributed by atoms with Crippen LogP contribution in [0.5, 0.6) is 0 Å². The molecule has 0 heterocycles. The van der Waals surface area contributed by atoms with E-state index in [1.807, 2.05) is 13.8 Å². The zero-order valence-electron chi connectivity index (χ0n) is 11.2. The first-order chi connectivity index (χ1) is 7.95. The first-order valence-electron chi connectivity index (χ1n) is 6.17. The van der Waals surface area contributed by atoms with Crippen molar-refractivity contribution in [2.75, 3.05) is 32.5 Å². The predicted molar refractivity (Wildman–Crippen MR) is 76.3 cm³/mol. The van der Waals surface area contributed by atoms with Crippen molar-refractivity contribution in [1.29, 1.82) is 0 Å². The van der Waals surface area contributed by atoms with Crippen LogP contribution in [0.2, 0.25) is 0 Å². The van der Waals surface area contributed by atoms with Gasteiger partial charge in [0.1, 0.15) is 4.51 Å². The Labute approximate surface area is 109 Å². The van der Waals surface area contributed by atoms with E-state index in [1.165, 1.54) is 0 Å². The molecule has 0 amide bonds. The molecule has 1 aromatic carbocycles. The number of anilines is 1. The number of unbranched alkanes of at least 4 members (excludes halogenated alkanes) is 1. The van der Waals surface area contributed by atoms with E-state index in [2.05, 4.69) is 24.3 Å². The van der Waals surface area contributed by atoms with Crippen molar-refractivity contribution in [1.82, 2.24) is 4.90 Å². The summed E-state index contributed by atoms with van der Waals surface area (Å²) in [5.74, 6) is 0.262. The van der Waals surface area contributed by atoms with Crippen LogP contribution in [-0.2, 0) is 0 Å². The first-order valence-corrected chi connectivity index (χ1v) is 6.57. The molecular weight excluding hydrogens is 232 g/mol. The minimum atomic E-state index is 0.0609. The minimum absolute atomic E-state index is 0.0609. The zero-order chi connectivity index (χ0) is 13.0. The van der Waals surface area contributed by atoms with Crippen LogP contribution in [0.25, 0.3) is 0 Å². The van der Waals surface area contributed by atoms with Crippen LogP contribution < -0.4 is 10.7 Å². The molecule has 0 aliphatic heterocycles. The number of hydrogen-bond donors (Lipinski definition) is 1. The van der Waals surface area contributed by atoms with Crippen molar-refractivity contribution in [3.63, 3.8) is 0 Å². The van der Waals surface area contributed by atoms with Crippen molar-refractivity contribution in [3.05, 3.63) is 20.3 Å². The maximum atomic E-state index is 11.5. The molecule has 0 bridgehead atoms. The van der Waals surface area contributed by atoms with Gasteiger partial charge >= 0.3 is 0 Å². The van der Waals surface area contributed by atoms with Crippen LogP contribution in [-0.4, -0.2) is 32.1 Å². The normalized spacial score (nSPS) is 11.6.